The molecule has 0 aromatic carbocycles. The Labute approximate surface area is 108 Å². The zero-order chi connectivity index (χ0) is 13.1. The van der Waals surface area contributed by atoms with Gasteiger partial charge in [0, 0.05) is 34.0 Å². The summed E-state index contributed by atoms with van der Waals surface area (Å²) in [5.41, 5.74) is 0. The van der Waals surface area contributed by atoms with Crippen LogP contribution in [0, 0.1) is 0 Å². The van der Waals surface area contributed by atoms with Crippen LogP contribution in [0.3, 0.4) is 0 Å². The molecule has 1 fully saturated rings. The number of epoxide rings is 1. The molecule has 0 amide bonds. The lowest BCUT2D eigenvalue weighted by Crippen LogP contribution is -2.42. The van der Waals surface area contributed by atoms with Crippen LogP contribution in [0.4, 0.5) is 0 Å². The van der Waals surface area contributed by atoms with E-state index in [4.69, 9.17) is 22.8 Å². The van der Waals surface area contributed by atoms with E-state index in [1.165, 1.54) is 0 Å². The van der Waals surface area contributed by atoms with Crippen LogP contribution in [-0.2, 0) is 22.8 Å². The Bertz CT molecular complexity index is 171. The monoisotopic (exact) mass is 283 g/mol. The number of nitrogens with two attached hydrogens (primary N) is 1. The number of ether oxygens (including phenoxy) is 2. The van der Waals surface area contributed by atoms with Gasteiger partial charge in [-0.05, 0) is 6.42 Å². The van der Waals surface area contributed by atoms with Crippen LogP contribution in [0.5, 0.6) is 0 Å². The van der Waals surface area contributed by atoms with Crippen LogP contribution >= 0.6 is 0 Å². The van der Waals surface area contributed by atoms with Crippen molar-refractivity contribution in [3.8, 4) is 0 Å². The van der Waals surface area contributed by atoms with Gasteiger partial charge in [0.15, 0.2) is 0 Å². The number of rotatable bonds is 9. The van der Waals surface area contributed by atoms with E-state index in [1.807, 2.05) is 0 Å². The second kappa shape index (κ2) is 10.1. The number of hydrogen-bond acceptors (Lipinski definition) is 6. The number of hydrogen-bond donors (Lipinski definition) is 1. The van der Waals surface area contributed by atoms with Gasteiger partial charge >= 0.3 is 8.80 Å². The predicted octanol–water partition coefficient (Wildman–Crippen LogP) is -1.10. The Morgan fingerprint density at radius 3 is 2.18 bits per heavy atom. The minimum atomic E-state index is -2.39. The van der Waals surface area contributed by atoms with E-state index in [2.05, 4.69) is 5.40 Å². The summed E-state index contributed by atoms with van der Waals surface area (Å²) in [6, 6.07) is 0.780. The average molecular weight is 283 g/mol. The second-order valence-corrected chi connectivity index (χ2v) is 6.52. The van der Waals surface area contributed by atoms with Crippen molar-refractivity contribution in [2.75, 3.05) is 41.2 Å². The van der Waals surface area contributed by atoms with Crippen molar-refractivity contribution < 1.29 is 22.8 Å². The normalized spacial score (nSPS) is 18.7. The average Bonchev–Trinajstić information content (AvgIpc) is 3.21. The Kier molecular flexibility index (Phi) is 10.3. The summed E-state index contributed by atoms with van der Waals surface area (Å²) in [5, 5.41) is 4.64. The molecule has 1 heterocycles. The van der Waals surface area contributed by atoms with Gasteiger partial charge in [-0.1, -0.05) is 0 Å². The Balaban J connectivity index is 0.00000121. The lowest BCUT2D eigenvalue weighted by Gasteiger charge is -2.24. The van der Waals surface area contributed by atoms with E-state index >= 15 is 0 Å². The van der Waals surface area contributed by atoms with E-state index < -0.39 is 8.80 Å². The zero-order valence-electron chi connectivity index (χ0n) is 11.2. The highest BCUT2D eigenvalue weighted by Crippen LogP contribution is 2.15. The van der Waals surface area contributed by atoms with Crippen LogP contribution in [0.25, 0.3) is 0 Å². The van der Waals surface area contributed by atoms with Gasteiger partial charge in [-0.15, -0.1) is 0 Å². The summed E-state index contributed by atoms with van der Waals surface area (Å²) in [6.07, 6.45) is 1.22. The van der Waals surface area contributed by atoms with Gasteiger partial charge in [-0.3, -0.25) is 0 Å². The maximum atomic E-state index is 5.42. The van der Waals surface area contributed by atoms with Gasteiger partial charge in [-0.2, -0.15) is 0 Å². The third-order valence-electron chi connectivity index (χ3n) is 2.41. The van der Waals surface area contributed by atoms with Crippen molar-refractivity contribution in [1.29, 1.82) is 0 Å². The fraction of sp³-hybridized carbons (Fsp3) is 1.00. The maximum absolute atomic E-state index is 5.42. The molecule has 1 unspecified atom stereocenters. The van der Waals surface area contributed by atoms with Crippen LogP contribution in [0.1, 0.15) is 6.42 Å². The lowest BCUT2D eigenvalue weighted by atomic mass is 10.5. The molecule has 104 valence electrons. The highest BCUT2D eigenvalue weighted by Gasteiger charge is 2.36. The summed E-state index contributed by atoms with van der Waals surface area (Å²) in [6.45, 7) is 2.24. The van der Waals surface area contributed by atoms with Gasteiger partial charge in [0.05, 0.1) is 23.6 Å². The van der Waals surface area contributed by atoms with E-state index in [9.17, 15) is 0 Å². The third-order valence-corrected chi connectivity index (χ3v) is 5.24. The highest BCUT2D eigenvalue weighted by molar-refractivity contribution is 6.60. The quantitative estimate of drug-likeness (QED) is 0.329. The maximum Gasteiger partial charge on any atom is 0.500 e. The van der Waals surface area contributed by atoms with Gasteiger partial charge in [-0.25, -0.2) is 0 Å². The summed E-state index contributed by atoms with van der Waals surface area (Å²) < 4.78 is 26.3. The van der Waals surface area contributed by atoms with Crippen molar-refractivity contribution in [3.05, 3.63) is 0 Å². The molecule has 2 N–H and O–H groups in total. The fourth-order valence-corrected chi connectivity index (χ4v) is 3.02. The van der Waals surface area contributed by atoms with Gasteiger partial charge < -0.3 is 28.2 Å². The molecule has 1 atom stereocenters. The minimum absolute atomic E-state index is 0.333. The molecule has 1 rings (SSSR count). The molecule has 1 aliphatic heterocycles. The topological polar surface area (TPSA) is 75.5 Å². The van der Waals surface area contributed by atoms with Crippen molar-refractivity contribution in [2.24, 2.45) is 5.40 Å². The molecule has 1 saturated heterocycles. The van der Waals surface area contributed by atoms with Gasteiger partial charge in [0.1, 0.15) is 6.10 Å². The fourth-order valence-electron chi connectivity index (χ4n) is 1.33. The molecular weight excluding hydrogens is 258 g/mol. The van der Waals surface area contributed by atoms with Crippen LogP contribution in [0.15, 0.2) is 0 Å². The zero-order valence-corrected chi connectivity index (χ0v) is 14.2. The van der Waals surface area contributed by atoms with Crippen molar-refractivity contribution >= 4 is 19.2 Å². The lowest BCUT2D eigenvalue weighted by molar-refractivity contribution is 0.100. The van der Waals surface area contributed by atoms with E-state index in [1.54, 1.807) is 21.3 Å². The molecule has 17 heavy (non-hydrogen) atoms. The third kappa shape index (κ3) is 7.26. The molecule has 0 aromatic rings. The first-order chi connectivity index (χ1) is 8.26. The molecule has 0 saturated carbocycles. The standard InChI is InChI=1S/C9H20O5Si.H5NSi/c1-10-15(11-2,12-3)6-4-5-13-7-9-8-14-9;1-2/h9H,4-8H2,1-3H3;1H2,2H3. The van der Waals surface area contributed by atoms with E-state index in [0.29, 0.717) is 19.3 Å². The van der Waals surface area contributed by atoms with Gasteiger partial charge in [0.25, 0.3) is 0 Å². The first kappa shape index (κ1) is 17.2. The highest BCUT2D eigenvalue weighted by atomic mass is 28.4. The summed E-state index contributed by atoms with van der Waals surface area (Å²) >= 11 is 0. The van der Waals surface area contributed by atoms with E-state index in [0.717, 1.165) is 29.5 Å². The Morgan fingerprint density at radius 2 is 1.76 bits per heavy atom. The van der Waals surface area contributed by atoms with Crippen LogP contribution in [0.2, 0.25) is 6.04 Å². The molecule has 0 radical (unpaired) electrons. The Hall–Kier alpha value is 0.194. The minimum Gasteiger partial charge on any atom is -0.379 e. The van der Waals surface area contributed by atoms with Crippen molar-refractivity contribution in [2.45, 2.75) is 18.6 Å². The Morgan fingerprint density at radius 1 is 1.24 bits per heavy atom. The largest absolute Gasteiger partial charge is 0.500 e. The molecule has 8 heteroatoms. The first-order valence-electron chi connectivity index (χ1n) is 5.69. The molecule has 0 aromatic heterocycles. The second-order valence-electron chi connectivity index (χ2n) is 3.43. The molecule has 0 spiro atoms. The summed E-state index contributed by atoms with van der Waals surface area (Å²) in [5.74, 6) is 0. The molecule has 1 aliphatic rings. The first-order valence-corrected chi connectivity index (χ1v) is 8.77. The summed E-state index contributed by atoms with van der Waals surface area (Å²) in [7, 11) is 3.28. The smallest absolute Gasteiger partial charge is 0.379 e. The van der Waals surface area contributed by atoms with Crippen molar-refractivity contribution in [1.82, 2.24) is 0 Å². The SMILES string of the molecule is CO[Si](CCCOCC1CO1)(OC)OC.N[SiH3]. The van der Waals surface area contributed by atoms with Crippen molar-refractivity contribution in [3.63, 3.8) is 0 Å². The predicted molar refractivity (Wildman–Crippen MR) is 70.9 cm³/mol. The summed E-state index contributed by atoms with van der Waals surface area (Å²) in [4.78, 5) is 0. The van der Waals surface area contributed by atoms with E-state index in [-0.39, 0.29) is 0 Å². The molecule has 6 nitrogen and oxygen atoms in total. The van der Waals surface area contributed by atoms with Gasteiger partial charge in [0.2, 0.25) is 0 Å². The molecular formula is C9H25NO5Si2. The van der Waals surface area contributed by atoms with Crippen LogP contribution < -0.4 is 5.40 Å². The van der Waals surface area contributed by atoms with Crippen LogP contribution in [-0.4, -0.2) is 66.5 Å². The molecule has 0 aliphatic carbocycles. The molecule has 0 bridgehead atoms.